The largest absolute Gasteiger partial charge is 0.288 e. The Labute approximate surface area is 130 Å². The molecule has 4 heteroatoms. The highest BCUT2D eigenvalue weighted by molar-refractivity contribution is 9.08. The van der Waals surface area contributed by atoms with Gasteiger partial charge in [0.2, 0.25) is 0 Å². The van der Waals surface area contributed by atoms with Gasteiger partial charge in [-0.25, -0.2) is 0 Å². The van der Waals surface area contributed by atoms with E-state index in [0.717, 1.165) is 16.4 Å². The Balaban J connectivity index is 3.35. The van der Waals surface area contributed by atoms with Gasteiger partial charge in [-0.05, 0) is 54.2 Å². The second kappa shape index (κ2) is 7.11. The molecule has 0 bridgehead atoms. The second-order valence-electron chi connectivity index (χ2n) is 4.36. The number of alkyl halides is 2. The maximum atomic E-state index is 11.2. The molecule has 18 heavy (non-hydrogen) atoms. The van der Waals surface area contributed by atoms with Crippen molar-refractivity contribution in [3.63, 3.8) is 0 Å². The third kappa shape index (κ3) is 3.40. The minimum Gasteiger partial charge on any atom is -0.288 e. The number of carbonyl (C=O) groups excluding carboxylic acids is 1. The second-order valence-corrected chi connectivity index (χ2v) is 6.63. The maximum absolute atomic E-state index is 11.2. The molecule has 0 heterocycles. The van der Waals surface area contributed by atoms with E-state index in [2.05, 4.69) is 52.6 Å². The number of benzene rings is 1. The molecule has 1 nitrogen and oxygen atoms in total. The van der Waals surface area contributed by atoms with Crippen LogP contribution in [0.5, 0.6) is 0 Å². The monoisotopic (exact) mass is 392 g/mol. The average Bonchev–Trinajstić information content (AvgIpc) is 2.29. The highest BCUT2D eigenvalue weighted by atomic mass is 79.9. The molecule has 1 rings (SSSR count). The van der Waals surface area contributed by atoms with Crippen LogP contribution in [-0.4, -0.2) is 5.12 Å². The van der Waals surface area contributed by atoms with Crippen LogP contribution in [-0.2, 0) is 21.2 Å². The summed E-state index contributed by atoms with van der Waals surface area (Å²) in [4.78, 5) is 11.2. The SMILES string of the molecule is CC(=O)SCc1c(C)c(CBr)c(C)c(CBr)c1C. The lowest BCUT2D eigenvalue weighted by molar-refractivity contribution is -0.109. The number of halogens is 2. The summed E-state index contributed by atoms with van der Waals surface area (Å²) in [6.45, 7) is 8.12. The van der Waals surface area contributed by atoms with Gasteiger partial charge in [0.15, 0.2) is 5.12 Å². The summed E-state index contributed by atoms with van der Waals surface area (Å²) in [6, 6.07) is 0. The Morgan fingerprint density at radius 2 is 1.33 bits per heavy atom. The molecule has 0 radical (unpaired) electrons. The Morgan fingerprint density at radius 3 is 1.67 bits per heavy atom. The van der Waals surface area contributed by atoms with Crippen LogP contribution in [0.25, 0.3) is 0 Å². The molecule has 1 aromatic carbocycles. The van der Waals surface area contributed by atoms with E-state index < -0.39 is 0 Å². The lowest BCUT2D eigenvalue weighted by Crippen LogP contribution is -2.05. The third-order valence-electron chi connectivity index (χ3n) is 3.40. The molecule has 0 aromatic heterocycles. The van der Waals surface area contributed by atoms with Crippen LogP contribution in [0.3, 0.4) is 0 Å². The van der Waals surface area contributed by atoms with Gasteiger partial charge in [0, 0.05) is 23.3 Å². The molecule has 0 aliphatic heterocycles. The molecule has 0 aliphatic carbocycles. The molecule has 0 atom stereocenters. The standard InChI is InChI=1S/C14H18Br2OS/c1-8-12(5-15)9(2)14(7-18-11(4)17)10(3)13(8)6-16/h5-7H2,1-4H3. The maximum Gasteiger partial charge on any atom is 0.186 e. The Hall–Kier alpha value is 0.200. The smallest absolute Gasteiger partial charge is 0.186 e. The zero-order valence-electron chi connectivity index (χ0n) is 11.2. The molecule has 0 aliphatic rings. The molecule has 100 valence electrons. The van der Waals surface area contributed by atoms with Gasteiger partial charge < -0.3 is 0 Å². The molecular weight excluding hydrogens is 376 g/mol. The zero-order chi connectivity index (χ0) is 13.9. The van der Waals surface area contributed by atoms with Crippen molar-refractivity contribution in [2.24, 2.45) is 0 Å². The summed E-state index contributed by atoms with van der Waals surface area (Å²) in [5.74, 6) is 0.771. The number of hydrogen-bond donors (Lipinski definition) is 0. The van der Waals surface area contributed by atoms with Crippen LogP contribution in [0.2, 0.25) is 0 Å². The van der Waals surface area contributed by atoms with E-state index in [1.165, 1.54) is 45.1 Å². The van der Waals surface area contributed by atoms with Crippen LogP contribution < -0.4 is 0 Å². The van der Waals surface area contributed by atoms with Gasteiger partial charge in [-0.2, -0.15) is 0 Å². The molecule has 0 amide bonds. The molecule has 0 saturated carbocycles. The highest BCUT2D eigenvalue weighted by Crippen LogP contribution is 2.32. The predicted octanol–water partition coefficient (Wildman–Crippen LogP) is 5.18. The molecule has 0 N–H and O–H groups in total. The van der Waals surface area contributed by atoms with Crippen molar-refractivity contribution in [1.29, 1.82) is 0 Å². The van der Waals surface area contributed by atoms with Crippen molar-refractivity contribution in [2.75, 3.05) is 0 Å². The number of thioether (sulfide) groups is 1. The molecule has 1 aromatic rings. The lowest BCUT2D eigenvalue weighted by Gasteiger charge is -2.20. The number of hydrogen-bond acceptors (Lipinski definition) is 2. The average molecular weight is 394 g/mol. The van der Waals surface area contributed by atoms with Crippen molar-refractivity contribution in [3.8, 4) is 0 Å². The van der Waals surface area contributed by atoms with Crippen LogP contribution in [0.15, 0.2) is 0 Å². The van der Waals surface area contributed by atoms with E-state index in [-0.39, 0.29) is 5.12 Å². The predicted molar refractivity (Wildman–Crippen MR) is 87.9 cm³/mol. The van der Waals surface area contributed by atoms with E-state index in [0.29, 0.717) is 0 Å². The first-order valence-electron chi connectivity index (χ1n) is 5.79. The van der Waals surface area contributed by atoms with Crippen LogP contribution in [0, 0.1) is 20.8 Å². The number of carbonyl (C=O) groups is 1. The Morgan fingerprint density at radius 1 is 0.944 bits per heavy atom. The quantitative estimate of drug-likeness (QED) is 0.655. The summed E-state index contributed by atoms with van der Waals surface area (Å²) in [5, 5.41) is 1.90. The molecular formula is C14H18Br2OS. The molecule has 0 unspecified atom stereocenters. The molecule has 0 spiro atoms. The topological polar surface area (TPSA) is 17.1 Å². The van der Waals surface area contributed by atoms with E-state index >= 15 is 0 Å². The molecule has 0 saturated heterocycles. The first-order chi connectivity index (χ1) is 8.43. The highest BCUT2D eigenvalue weighted by Gasteiger charge is 2.16. The minimum atomic E-state index is 0.176. The van der Waals surface area contributed by atoms with E-state index in [4.69, 9.17) is 0 Å². The first-order valence-corrected chi connectivity index (χ1v) is 9.02. The van der Waals surface area contributed by atoms with Crippen molar-refractivity contribution < 1.29 is 4.79 Å². The van der Waals surface area contributed by atoms with Gasteiger partial charge in [-0.1, -0.05) is 43.6 Å². The van der Waals surface area contributed by atoms with Crippen molar-refractivity contribution >= 4 is 48.7 Å². The van der Waals surface area contributed by atoms with E-state index in [1.54, 1.807) is 6.92 Å². The van der Waals surface area contributed by atoms with Gasteiger partial charge in [0.05, 0.1) is 0 Å². The van der Waals surface area contributed by atoms with Crippen LogP contribution in [0.4, 0.5) is 0 Å². The van der Waals surface area contributed by atoms with Gasteiger partial charge in [-0.3, -0.25) is 4.79 Å². The lowest BCUT2D eigenvalue weighted by atomic mass is 9.90. The zero-order valence-corrected chi connectivity index (χ0v) is 15.2. The Kier molecular flexibility index (Phi) is 6.42. The fourth-order valence-electron chi connectivity index (χ4n) is 2.18. The van der Waals surface area contributed by atoms with Crippen LogP contribution >= 0.6 is 43.6 Å². The molecule has 0 fully saturated rings. The summed E-state index contributed by atoms with van der Waals surface area (Å²) >= 11 is 8.53. The Bertz CT molecular complexity index is 438. The van der Waals surface area contributed by atoms with Gasteiger partial charge in [0.25, 0.3) is 0 Å². The summed E-state index contributed by atoms with van der Waals surface area (Å²) < 4.78 is 0. The first kappa shape index (κ1) is 16.3. The minimum absolute atomic E-state index is 0.176. The van der Waals surface area contributed by atoms with Crippen LogP contribution in [0.1, 0.15) is 40.3 Å². The van der Waals surface area contributed by atoms with Crippen molar-refractivity contribution in [1.82, 2.24) is 0 Å². The van der Waals surface area contributed by atoms with Gasteiger partial charge in [0.1, 0.15) is 0 Å². The van der Waals surface area contributed by atoms with Gasteiger partial charge in [-0.15, -0.1) is 0 Å². The summed E-state index contributed by atoms with van der Waals surface area (Å²) in [7, 11) is 0. The van der Waals surface area contributed by atoms with Gasteiger partial charge >= 0.3 is 0 Å². The van der Waals surface area contributed by atoms with E-state index in [1.807, 2.05) is 0 Å². The summed E-state index contributed by atoms with van der Waals surface area (Å²) in [5.41, 5.74) is 8.02. The van der Waals surface area contributed by atoms with Crippen molar-refractivity contribution in [3.05, 3.63) is 33.4 Å². The summed E-state index contributed by atoms with van der Waals surface area (Å²) in [6.07, 6.45) is 0. The normalized spacial score (nSPS) is 10.8. The fourth-order valence-corrected chi connectivity index (χ4v) is 4.64. The number of rotatable bonds is 4. The fraction of sp³-hybridized carbons (Fsp3) is 0.500. The third-order valence-corrected chi connectivity index (χ3v) is 5.36. The van der Waals surface area contributed by atoms with E-state index in [9.17, 15) is 4.79 Å². The van der Waals surface area contributed by atoms with Crippen molar-refractivity contribution in [2.45, 2.75) is 44.1 Å².